The van der Waals surface area contributed by atoms with E-state index in [0.29, 0.717) is 24.4 Å². The van der Waals surface area contributed by atoms with Crippen LogP contribution in [0.5, 0.6) is 0 Å². The Bertz CT molecular complexity index is 1070. The molecular formula is C17H17N5O3. The minimum atomic E-state index is -0.499. The molecule has 1 N–H and O–H groups in total. The van der Waals surface area contributed by atoms with E-state index in [2.05, 4.69) is 20.9 Å². The summed E-state index contributed by atoms with van der Waals surface area (Å²) < 4.78 is 7.32. The SMILES string of the molecule is C#CCn1c(=O)c2[nH]c(-c3ccc(CCOC)nc3)nc2n(C)c1=O. The Morgan fingerprint density at radius 1 is 1.36 bits per heavy atom. The summed E-state index contributed by atoms with van der Waals surface area (Å²) in [6.07, 6.45) is 7.61. The number of ether oxygens (including phenoxy) is 1. The van der Waals surface area contributed by atoms with Gasteiger partial charge in [-0.15, -0.1) is 6.42 Å². The average Bonchev–Trinajstić information content (AvgIpc) is 3.08. The Hall–Kier alpha value is -3.18. The summed E-state index contributed by atoms with van der Waals surface area (Å²) in [6, 6.07) is 3.73. The number of nitrogens with one attached hydrogen (secondary N) is 1. The molecule has 0 aliphatic carbocycles. The van der Waals surface area contributed by atoms with E-state index in [0.717, 1.165) is 10.3 Å². The van der Waals surface area contributed by atoms with E-state index >= 15 is 0 Å². The van der Waals surface area contributed by atoms with Crippen molar-refractivity contribution >= 4 is 11.2 Å². The van der Waals surface area contributed by atoms with Gasteiger partial charge in [-0.3, -0.25) is 14.3 Å². The van der Waals surface area contributed by atoms with Gasteiger partial charge in [0.25, 0.3) is 5.56 Å². The van der Waals surface area contributed by atoms with E-state index in [1.165, 1.54) is 4.57 Å². The van der Waals surface area contributed by atoms with E-state index in [9.17, 15) is 9.59 Å². The highest BCUT2D eigenvalue weighted by atomic mass is 16.5. The van der Waals surface area contributed by atoms with Gasteiger partial charge in [0.2, 0.25) is 0 Å². The highest BCUT2D eigenvalue weighted by Crippen LogP contribution is 2.17. The molecule has 8 heteroatoms. The van der Waals surface area contributed by atoms with Crippen molar-refractivity contribution in [3.8, 4) is 23.7 Å². The first-order valence-electron chi connectivity index (χ1n) is 7.64. The van der Waals surface area contributed by atoms with Crippen LogP contribution in [0.2, 0.25) is 0 Å². The van der Waals surface area contributed by atoms with Crippen molar-refractivity contribution in [1.29, 1.82) is 0 Å². The molecule has 0 saturated heterocycles. The lowest BCUT2D eigenvalue weighted by molar-refractivity contribution is 0.201. The number of aryl methyl sites for hydroxylation is 1. The Kier molecular flexibility index (Phi) is 4.50. The summed E-state index contributed by atoms with van der Waals surface area (Å²) in [5.74, 6) is 2.78. The molecule has 3 aromatic heterocycles. The van der Waals surface area contributed by atoms with Gasteiger partial charge in [-0.1, -0.05) is 5.92 Å². The predicted molar refractivity (Wildman–Crippen MR) is 93.2 cm³/mol. The van der Waals surface area contributed by atoms with Crippen molar-refractivity contribution in [3.05, 3.63) is 44.9 Å². The van der Waals surface area contributed by atoms with E-state index in [1.807, 2.05) is 12.1 Å². The average molecular weight is 339 g/mol. The van der Waals surface area contributed by atoms with Crippen LogP contribution in [0, 0.1) is 12.3 Å². The maximum absolute atomic E-state index is 12.5. The highest BCUT2D eigenvalue weighted by Gasteiger charge is 2.15. The number of hydrogen-bond acceptors (Lipinski definition) is 5. The zero-order valence-corrected chi connectivity index (χ0v) is 13.9. The molecule has 8 nitrogen and oxygen atoms in total. The molecule has 0 atom stereocenters. The van der Waals surface area contributed by atoms with Crippen LogP contribution in [0.15, 0.2) is 27.9 Å². The fourth-order valence-electron chi connectivity index (χ4n) is 2.54. The van der Waals surface area contributed by atoms with Crippen molar-refractivity contribution in [3.63, 3.8) is 0 Å². The molecule has 0 spiro atoms. The van der Waals surface area contributed by atoms with E-state index in [-0.39, 0.29) is 17.7 Å². The van der Waals surface area contributed by atoms with Crippen molar-refractivity contribution in [2.75, 3.05) is 13.7 Å². The highest BCUT2D eigenvalue weighted by molar-refractivity contribution is 5.75. The van der Waals surface area contributed by atoms with Crippen LogP contribution in [0.3, 0.4) is 0 Å². The summed E-state index contributed by atoms with van der Waals surface area (Å²) >= 11 is 0. The van der Waals surface area contributed by atoms with E-state index < -0.39 is 11.2 Å². The Labute approximate surface area is 143 Å². The van der Waals surface area contributed by atoms with Crippen LogP contribution >= 0.6 is 0 Å². The number of pyridine rings is 1. The maximum Gasteiger partial charge on any atom is 0.333 e. The lowest BCUT2D eigenvalue weighted by Crippen LogP contribution is -2.38. The van der Waals surface area contributed by atoms with Gasteiger partial charge >= 0.3 is 5.69 Å². The molecule has 3 rings (SSSR count). The van der Waals surface area contributed by atoms with Crippen molar-refractivity contribution in [1.82, 2.24) is 24.1 Å². The zero-order valence-electron chi connectivity index (χ0n) is 13.9. The number of imidazole rings is 1. The lowest BCUT2D eigenvalue weighted by Gasteiger charge is -2.03. The molecule has 3 aromatic rings. The van der Waals surface area contributed by atoms with Gasteiger partial charge < -0.3 is 9.72 Å². The van der Waals surface area contributed by atoms with Gasteiger partial charge in [-0.05, 0) is 12.1 Å². The topological polar surface area (TPSA) is 94.8 Å². The molecular weight excluding hydrogens is 322 g/mol. The first kappa shape index (κ1) is 16.7. The van der Waals surface area contributed by atoms with Gasteiger partial charge in [0.05, 0.1) is 13.2 Å². The number of aromatic nitrogens is 5. The maximum atomic E-state index is 12.5. The molecule has 0 amide bonds. The molecule has 128 valence electrons. The first-order valence-corrected chi connectivity index (χ1v) is 7.64. The van der Waals surface area contributed by atoms with E-state index in [4.69, 9.17) is 11.2 Å². The van der Waals surface area contributed by atoms with Crippen LogP contribution in [-0.2, 0) is 24.8 Å². The number of rotatable bonds is 5. The molecule has 0 aliphatic rings. The molecule has 0 bridgehead atoms. The third-order valence-electron chi connectivity index (χ3n) is 3.89. The van der Waals surface area contributed by atoms with Gasteiger partial charge in [-0.25, -0.2) is 14.3 Å². The molecule has 25 heavy (non-hydrogen) atoms. The number of fused-ring (bicyclic) bond motifs is 1. The van der Waals surface area contributed by atoms with Gasteiger partial charge in [-0.2, -0.15) is 0 Å². The normalized spacial score (nSPS) is 10.9. The Morgan fingerprint density at radius 3 is 2.80 bits per heavy atom. The van der Waals surface area contributed by atoms with Crippen molar-refractivity contribution in [2.24, 2.45) is 7.05 Å². The third kappa shape index (κ3) is 2.97. The number of hydrogen-bond donors (Lipinski definition) is 1. The second-order valence-corrected chi connectivity index (χ2v) is 5.50. The lowest BCUT2D eigenvalue weighted by atomic mass is 10.2. The molecule has 0 fully saturated rings. The number of H-pyrrole nitrogens is 1. The van der Waals surface area contributed by atoms with Gasteiger partial charge in [0.15, 0.2) is 5.65 Å². The Balaban J connectivity index is 2.09. The summed E-state index contributed by atoms with van der Waals surface area (Å²) in [7, 11) is 3.19. The second-order valence-electron chi connectivity index (χ2n) is 5.50. The van der Waals surface area contributed by atoms with Crippen LogP contribution in [0.4, 0.5) is 0 Å². The minimum Gasteiger partial charge on any atom is -0.384 e. The smallest absolute Gasteiger partial charge is 0.333 e. The predicted octanol–water partition coefficient (Wildman–Crippen LogP) is 0.307. The fourth-order valence-corrected chi connectivity index (χ4v) is 2.54. The molecule has 0 saturated carbocycles. The molecule has 0 aliphatic heterocycles. The molecule has 0 radical (unpaired) electrons. The standard InChI is InChI=1S/C17H17N5O3/c1-4-8-22-16(23)13-15(21(2)17(22)24)20-14(19-13)11-5-6-12(18-10-11)7-9-25-3/h1,5-6,10H,7-9H2,2-3H3,(H,19,20). The second kappa shape index (κ2) is 6.75. The zero-order chi connectivity index (χ0) is 18.0. The Morgan fingerprint density at radius 2 is 2.16 bits per heavy atom. The number of methoxy groups -OCH3 is 1. The van der Waals surface area contributed by atoms with E-state index in [1.54, 1.807) is 20.4 Å². The first-order chi connectivity index (χ1) is 12.1. The monoisotopic (exact) mass is 339 g/mol. The van der Waals surface area contributed by atoms with Gasteiger partial charge in [0.1, 0.15) is 11.3 Å². The van der Waals surface area contributed by atoms with Gasteiger partial charge in [0, 0.05) is 38.0 Å². The van der Waals surface area contributed by atoms with Crippen LogP contribution in [-0.4, -0.2) is 37.8 Å². The van der Waals surface area contributed by atoms with Crippen molar-refractivity contribution in [2.45, 2.75) is 13.0 Å². The summed E-state index contributed by atoms with van der Waals surface area (Å²) in [5, 5.41) is 0. The number of terminal acetylenes is 1. The number of nitrogens with zero attached hydrogens (tertiary/aromatic N) is 4. The van der Waals surface area contributed by atoms with Crippen LogP contribution in [0.1, 0.15) is 5.69 Å². The third-order valence-corrected chi connectivity index (χ3v) is 3.89. The van der Waals surface area contributed by atoms with Crippen molar-refractivity contribution < 1.29 is 4.74 Å². The minimum absolute atomic E-state index is 0.0917. The molecule has 3 heterocycles. The summed E-state index contributed by atoms with van der Waals surface area (Å²) in [5.41, 5.74) is 1.14. The summed E-state index contributed by atoms with van der Waals surface area (Å²) in [4.78, 5) is 36.4. The number of aromatic amines is 1. The quantitative estimate of drug-likeness (QED) is 0.675. The summed E-state index contributed by atoms with van der Waals surface area (Å²) in [6.45, 7) is 0.499. The van der Waals surface area contributed by atoms with Crippen LogP contribution in [0.25, 0.3) is 22.6 Å². The van der Waals surface area contributed by atoms with Crippen LogP contribution < -0.4 is 11.2 Å². The molecule has 0 unspecified atom stereocenters. The fraction of sp³-hybridized carbons (Fsp3) is 0.294. The largest absolute Gasteiger partial charge is 0.384 e. The molecule has 0 aromatic carbocycles.